The predicted molar refractivity (Wildman–Crippen MR) is 104 cm³/mol. The van der Waals surface area contributed by atoms with Crippen LogP contribution in [-0.2, 0) is 13.1 Å². The summed E-state index contributed by atoms with van der Waals surface area (Å²) in [6.45, 7) is 3.70. The van der Waals surface area contributed by atoms with Gasteiger partial charge >= 0.3 is 0 Å². The Morgan fingerprint density at radius 2 is 1.96 bits per heavy atom. The van der Waals surface area contributed by atoms with Crippen molar-refractivity contribution in [3.05, 3.63) is 73.1 Å². The number of methoxy groups -OCH3 is 1. The van der Waals surface area contributed by atoms with Gasteiger partial charge in [-0.05, 0) is 31.2 Å². The maximum atomic E-state index is 5.44. The highest BCUT2D eigenvalue weighted by atomic mass is 16.5. The monoisotopic (exact) mass is 359 g/mol. The summed E-state index contributed by atoms with van der Waals surface area (Å²) in [7, 11) is 1.66. The summed E-state index contributed by atoms with van der Waals surface area (Å²) in [5, 5.41) is 4.73. The number of pyridine rings is 1. The van der Waals surface area contributed by atoms with Crippen LogP contribution in [0, 0.1) is 0 Å². The van der Waals surface area contributed by atoms with Crippen LogP contribution in [0.4, 0.5) is 0 Å². The molecule has 0 fully saturated rings. The van der Waals surface area contributed by atoms with E-state index < -0.39 is 0 Å². The molecule has 1 aromatic carbocycles. The fourth-order valence-electron chi connectivity index (χ4n) is 3.13. The van der Waals surface area contributed by atoms with Gasteiger partial charge in [-0.25, -0.2) is 4.98 Å². The molecular weight excluding hydrogens is 338 g/mol. The lowest BCUT2D eigenvalue weighted by atomic mass is 10.1. The smallest absolute Gasteiger partial charge is 0.145 e. The third-order valence-electron chi connectivity index (χ3n) is 4.53. The molecule has 0 saturated carbocycles. The molecule has 0 atom stereocenters. The first-order chi connectivity index (χ1) is 13.3. The first kappa shape index (κ1) is 17.0. The predicted octanol–water partition coefficient (Wildman–Crippen LogP) is 3.89. The molecule has 4 rings (SSSR count). The van der Waals surface area contributed by atoms with Gasteiger partial charge in [0.05, 0.1) is 37.6 Å². The van der Waals surface area contributed by atoms with Gasteiger partial charge in [0, 0.05) is 30.1 Å². The minimum Gasteiger partial charge on any atom is -0.494 e. The van der Waals surface area contributed by atoms with Gasteiger partial charge in [-0.3, -0.25) is 9.67 Å². The van der Waals surface area contributed by atoms with E-state index in [1.165, 1.54) is 0 Å². The molecule has 4 aromatic rings. The van der Waals surface area contributed by atoms with Gasteiger partial charge in [-0.2, -0.15) is 5.10 Å². The van der Waals surface area contributed by atoms with Gasteiger partial charge in [0.1, 0.15) is 11.4 Å². The van der Waals surface area contributed by atoms with Crippen molar-refractivity contribution in [3.8, 4) is 28.3 Å². The van der Waals surface area contributed by atoms with Crippen LogP contribution in [0.2, 0.25) is 0 Å². The highest BCUT2D eigenvalue weighted by Gasteiger charge is 2.10. The molecule has 0 bridgehead atoms. The Balaban J connectivity index is 1.62. The van der Waals surface area contributed by atoms with E-state index in [1.54, 1.807) is 13.3 Å². The Morgan fingerprint density at radius 1 is 1.07 bits per heavy atom. The van der Waals surface area contributed by atoms with Crippen LogP contribution in [0.25, 0.3) is 22.5 Å². The number of hydrogen-bond donors (Lipinski definition) is 0. The van der Waals surface area contributed by atoms with Crippen molar-refractivity contribution >= 4 is 0 Å². The second kappa shape index (κ2) is 7.45. The van der Waals surface area contributed by atoms with Crippen LogP contribution in [-0.4, -0.2) is 31.4 Å². The normalized spacial score (nSPS) is 10.9. The summed E-state index contributed by atoms with van der Waals surface area (Å²) in [6, 6.07) is 14.0. The van der Waals surface area contributed by atoms with Crippen LogP contribution >= 0.6 is 0 Å². The van der Waals surface area contributed by atoms with E-state index in [2.05, 4.69) is 33.6 Å². The van der Waals surface area contributed by atoms with Crippen LogP contribution < -0.4 is 4.74 Å². The second-order valence-electron chi connectivity index (χ2n) is 6.20. The number of rotatable bonds is 6. The first-order valence-electron chi connectivity index (χ1n) is 8.90. The third kappa shape index (κ3) is 3.46. The van der Waals surface area contributed by atoms with Crippen molar-refractivity contribution in [2.75, 3.05) is 7.11 Å². The molecule has 0 unspecified atom stereocenters. The van der Waals surface area contributed by atoms with Crippen LogP contribution in [0.15, 0.2) is 67.4 Å². The lowest BCUT2D eigenvalue weighted by molar-refractivity contribution is 0.415. The number of hydrogen-bond acceptors (Lipinski definition) is 4. The molecule has 0 amide bonds. The summed E-state index contributed by atoms with van der Waals surface area (Å²) >= 11 is 0. The molecule has 6 heteroatoms. The maximum absolute atomic E-state index is 5.44. The molecule has 3 heterocycles. The Morgan fingerprint density at radius 3 is 2.81 bits per heavy atom. The zero-order valence-corrected chi connectivity index (χ0v) is 15.4. The minimum atomic E-state index is 0.696. The zero-order valence-electron chi connectivity index (χ0n) is 15.4. The molecule has 3 aromatic heterocycles. The average Bonchev–Trinajstić information content (AvgIpc) is 3.37. The van der Waals surface area contributed by atoms with E-state index in [-0.39, 0.29) is 0 Å². The Labute approximate surface area is 158 Å². The van der Waals surface area contributed by atoms with E-state index in [1.807, 2.05) is 53.7 Å². The first-order valence-corrected chi connectivity index (χ1v) is 8.90. The van der Waals surface area contributed by atoms with Gasteiger partial charge < -0.3 is 9.30 Å². The van der Waals surface area contributed by atoms with Crippen molar-refractivity contribution < 1.29 is 4.74 Å². The number of ether oxygens (including phenoxy) is 1. The van der Waals surface area contributed by atoms with E-state index >= 15 is 0 Å². The fraction of sp³-hybridized carbons (Fsp3) is 0.190. The van der Waals surface area contributed by atoms with Crippen molar-refractivity contribution in [1.82, 2.24) is 24.3 Å². The van der Waals surface area contributed by atoms with Gasteiger partial charge in [-0.1, -0.05) is 18.2 Å². The Bertz CT molecular complexity index is 1050. The SMILES string of the molecule is CCn1cncc1Cn1ccc(-c2cccc(-c3ncccc3OC)c2)n1. The topological polar surface area (TPSA) is 57.8 Å². The highest BCUT2D eigenvalue weighted by Crippen LogP contribution is 2.30. The molecule has 27 heavy (non-hydrogen) atoms. The summed E-state index contributed by atoms with van der Waals surface area (Å²) in [5.41, 5.74) is 4.94. The quantitative estimate of drug-likeness (QED) is 0.524. The maximum Gasteiger partial charge on any atom is 0.145 e. The molecule has 0 saturated heterocycles. The van der Waals surface area contributed by atoms with Crippen molar-refractivity contribution in [3.63, 3.8) is 0 Å². The lowest BCUT2D eigenvalue weighted by Gasteiger charge is -2.08. The molecular formula is C21H21N5O. The summed E-state index contributed by atoms with van der Waals surface area (Å²) in [5.74, 6) is 0.757. The molecule has 0 aliphatic carbocycles. The van der Waals surface area contributed by atoms with E-state index in [4.69, 9.17) is 9.84 Å². The van der Waals surface area contributed by atoms with E-state index in [9.17, 15) is 0 Å². The zero-order chi connectivity index (χ0) is 18.6. The molecule has 0 N–H and O–H groups in total. The highest BCUT2D eigenvalue weighted by molar-refractivity contribution is 5.72. The van der Waals surface area contributed by atoms with Crippen LogP contribution in [0.1, 0.15) is 12.6 Å². The van der Waals surface area contributed by atoms with Crippen LogP contribution in [0.5, 0.6) is 5.75 Å². The Kier molecular flexibility index (Phi) is 4.70. The second-order valence-corrected chi connectivity index (χ2v) is 6.20. The van der Waals surface area contributed by atoms with E-state index in [0.29, 0.717) is 6.54 Å². The van der Waals surface area contributed by atoms with Gasteiger partial charge in [-0.15, -0.1) is 0 Å². The molecule has 0 spiro atoms. The number of imidazole rings is 1. The molecule has 0 aliphatic heterocycles. The summed E-state index contributed by atoms with van der Waals surface area (Å²) < 4.78 is 9.50. The third-order valence-corrected chi connectivity index (χ3v) is 4.53. The number of aromatic nitrogens is 5. The molecule has 0 aliphatic rings. The standard InChI is InChI=1S/C21H21N5O/c1-3-25-15-22-13-18(25)14-26-11-9-19(24-26)16-6-4-7-17(12-16)21-20(27-2)8-5-10-23-21/h4-13,15H,3,14H2,1-2H3. The minimum absolute atomic E-state index is 0.696. The number of nitrogens with zero attached hydrogens (tertiary/aromatic N) is 5. The fourth-order valence-corrected chi connectivity index (χ4v) is 3.13. The van der Waals surface area contributed by atoms with Crippen molar-refractivity contribution in [1.29, 1.82) is 0 Å². The van der Waals surface area contributed by atoms with E-state index in [0.717, 1.165) is 40.5 Å². The molecule has 0 radical (unpaired) electrons. The van der Waals surface area contributed by atoms with Crippen LogP contribution in [0.3, 0.4) is 0 Å². The van der Waals surface area contributed by atoms with Gasteiger partial charge in [0.15, 0.2) is 0 Å². The lowest BCUT2D eigenvalue weighted by Crippen LogP contribution is -2.06. The summed E-state index contributed by atoms with van der Waals surface area (Å²) in [6.07, 6.45) is 7.51. The van der Waals surface area contributed by atoms with Crippen molar-refractivity contribution in [2.45, 2.75) is 20.0 Å². The summed E-state index contributed by atoms with van der Waals surface area (Å²) in [4.78, 5) is 8.69. The average molecular weight is 359 g/mol. The molecule has 6 nitrogen and oxygen atoms in total. The van der Waals surface area contributed by atoms with Gasteiger partial charge in [0.2, 0.25) is 0 Å². The largest absolute Gasteiger partial charge is 0.494 e. The number of benzene rings is 1. The van der Waals surface area contributed by atoms with Crippen molar-refractivity contribution in [2.24, 2.45) is 0 Å². The van der Waals surface area contributed by atoms with Gasteiger partial charge in [0.25, 0.3) is 0 Å². The number of aryl methyl sites for hydroxylation is 1. The molecule has 136 valence electrons. The Hall–Kier alpha value is -3.41.